The molecule has 1 N–H and O–H groups in total. The molecule has 0 aliphatic carbocycles. The lowest BCUT2D eigenvalue weighted by Crippen LogP contribution is -2.36. The quantitative estimate of drug-likeness (QED) is 0.899. The van der Waals surface area contributed by atoms with Gasteiger partial charge in [-0.15, -0.1) is 0 Å². The lowest BCUT2D eigenvalue weighted by atomic mass is 9.93. The molecule has 1 fully saturated rings. The van der Waals surface area contributed by atoms with Crippen molar-refractivity contribution in [1.29, 1.82) is 0 Å². The number of hydrogen-bond donors (Lipinski definition) is 1. The Morgan fingerprint density at radius 3 is 2.83 bits per heavy atom. The predicted molar refractivity (Wildman–Crippen MR) is 79.0 cm³/mol. The second-order valence-corrected chi connectivity index (χ2v) is 6.13. The van der Waals surface area contributed by atoms with Crippen LogP contribution in [0.5, 0.6) is 0 Å². The van der Waals surface area contributed by atoms with Crippen molar-refractivity contribution in [2.75, 3.05) is 13.2 Å². The van der Waals surface area contributed by atoms with E-state index in [9.17, 15) is 0 Å². The maximum absolute atomic E-state index is 6.09. The summed E-state index contributed by atoms with van der Waals surface area (Å²) in [6.45, 7) is 4.93. The molecule has 1 unspecified atom stereocenters. The van der Waals surface area contributed by atoms with Gasteiger partial charge in [-0.25, -0.2) is 0 Å². The summed E-state index contributed by atoms with van der Waals surface area (Å²) in [6.07, 6.45) is 2.32. The first kappa shape index (κ1) is 14.3. The highest BCUT2D eigenvalue weighted by Gasteiger charge is 2.19. The van der Waals surface area contributed by atoms with Crippen molar-refractivity contribution >= 4 is 27.5 Å². The Morgan fingerprint density at radius 1 is 1.44 bits per heavy atom. The smallest absolute Gasteiger partial charge is 0.0551 e. The third-order valence-corrected chi connectivity index (χ3v) is 4.82. The third-order valence-electron chi connectivity index (χ3n) is 3.59. The van der Waals surface area contributed by atoms with Crippen LogP contribution in [0.15, 0.2) is 22.7 Å². The summed E-state index contributed by atoms with van der Waals surface area (Å²) in [6, 6.07) is 6.63. The van der Waals surface area contributed by atoms with Crippen LogP contribution in [0.1, 0.15) is 25.3 Å². The third kappa shape index (κ3) is 3.95. The van der Waals surface area contributed by atoms with Crippen molar-refractivity contribution in [1.82, 2.24) is 5.32 Å². The number of hydrogen-bond acceptors (Lipinski definition) is 2. The molecule has 0 spiro atoms. The Labute approximate surface area is 122 Å². The zero-order valence-corrected chi connectivity index (χ0v) is 12.9. The van der Waals surface area contributed by atoms with Crippen LogP contribution in [0, 0.1) is 5.92 Å². The van der Waals surface area contributed by atoms with Gasteiger partial charge < -0.3 is 10.1 Å². The zero-order valence-electron chi connectivity index (χ0n) is 10.6. The van der Waals surface area contributed by atoms with E-state index in [-0.39, 0.29) is 0 Å². The Morgan fingerprint density at radius 2 is 2.17 bits per heavy atom. The van der Waals surface area contributed by atoms with Crippen LogP contribution >= 0.6 is 27.5 Å². The highest BCUT2D eigenvalue weighted by atomic mass is 79.9. The minimum absolute atomic E-state index is 0.524. The van der Waals surface area contributed by atoms with Crippen LogP contribution in [0.3, 0.4) is 0 Å². The van der Waals surface area contributed by atoms with Gasteiger partial charge >= 0.3 is 0 Å². The number of halogens is 2. The molecule has 0 saturated carbocycles. The summed E-state index contributed by atoms with van der Waals surface area (Å²) in [7, 11) is 0. The number of benzene rings is 1. The fourth-order valence-electron chi connectivity index (χ4n) is 2.31. The maximum atomic E-state index is 6.09. The monoisotopic (exact) mass is 331 g/mol. The first-order chi connectivity index (χ1) is 8.66. The molecule has 2 nitrogen and oxygen atoms in total. The Bertz CT molecular complexity index is 393. The lowest BCUT2D eigenvalue weighted by Gasteiger charge is -2.28. The lowest BCUT2D eigenvalue weighted by molar-refractivity contribution is 0.0558. The van der Waals surface area contributed by atoms with Crippen molar-refractivity contribution in [3.63, 3.8) is 0 Å². The Hall–Kier alpha value is -0.0900. The molecule has 0 amide bonds. The normalized spacial score (nSPS) is 18.8. The van der Waals surface area contributed by atoms with E-state index in [1.807, 2.05) is 12.1 Å². The van der Waals surface area contributed by atoms with Crippen molar-refractivity contribution < 1.29 is 4.74 Å². The fraction of sp³-hybridized carbons (Fsp3) is 0.571. The first-order valence-corrected chi connectivity index (χ1v) is 7.59. The van der Waals surface area contributed by atoms with Crippen LogP contribution in [-0.4, -0.2) is 19.3 Å². The van der Waals surface area contributed by atoms with Gasteiger partial charge in [-0.05, 0) is 59.3 Å². The first-order valence-electron chi connectivity index (χ1n) is 6.42. The molecular weight excluding hydrogens is 314 g/mol. The molecule has 1 atom stereocenters. The highest BCUT2D eigenvalue weighted by molar-refractivity contribution is 9.10. The molecule has 100 valence electrons. The van der Waals surface area contributed by atoms with Crippen LogP contribution in [0.2, 0.25) is 5.02 Å². The van der Waals surface area contributed by atoms with E-state index in [0.29, 0.717) is 6.04 Å². The molecule has 1 aliphatic rings. The molecule has 0 aromatic heterocycles. The van der Waals surface area contributed by atoms with E-state index in [0.717, 1.165) is 48.0 Å². The van der Waals surface area contributed by atoms with Crippen molar-refractivity contribution in [2.45, 2.75) is 32.4 Å². The van der Waals surface area contributed by atoms with E-state index in [2.05, 4.69) is 34.2 Å². The molecule has 4 heteroatoms. The van der Waals surface area contributed by atoms with Gasteiger partial charge in [0.2, 0.25) is 0 Å². The van der Waals surface area contributed by atoms with Crippen molar-refractivity contribution in [2.24, 2.45) is 5.92 Å². The van der Waals surface area contributed by atoms with Gasteiger partial charge in [0.05, 0.1) is 5.02 Å². The van der Waals surface area contributed by atoms with E-state index < -0.39 is 0 Å². The second-order valence-electron chi connectivity index (χ2n) is 4.87. The average molecular weight is 333 g/mol. The standard InChI is InChI=1S/C14H19BrClNO/c1-10(12-4-6-18-7-5-12)17-9-11-2-3-13(15)14(16)8-11/h2-3,8,10,12,17H,4-7,9H2,1H3. The van der Waals surface area contributed by atoms with Crippen LogP contribution < -0.4 is 5.32 Å². The summed E-state index contributed by atoms with van der Waals surface area (Å²) in [5.74, 6) is 0.727. The van der Waals surface area contributed by atoms with Gasteiger partial charge in [-0.3, -0.25) is 0 Å². The van der Waals surface area contributed by atoms with Crippen LogP contribution in [0.4, 0.5) is 0 Å². The van der Waals surface area contributed by atoms with E-state index in [4.69, 9.17) is 16.3 Å². The van der Waals surface area contributed by atoms with Crippen molar-refractivity contribution in [3.8, 4) is 0 Å². The largest absolute Gasteiger partial charge is 0.381 e. The van der Waals surface area contributed by atoms with Gasteiger partial charge in [0.25, 0.3) is 0 Å². The second kappa shape index (κ2) is 6.90. The molecule has 0 bridgehead atoms. The minimum atomic E-state index is 0.524. The molecule has 1 aromatic rings. The van der Waals surface area contributed by atoms with Gasteiger partial charge in [0.1, 0.15) is 0 Å². The minimum Gasteiger partial charge on any atom is -0.381 e. The van der Waals surface area contributed by atoms with E-state index in [1.165, 1.54) is 5.56 Å². The average Bonchev–Trinajstić information content (AvgIpc) is 2.41. The number of nitrogens with one attached hydrogen (secondary N) is 1. The predicted octanol–water partition coefficient (Wildman–Crippen LogP) is 4.01. The van der Waals surface area contributed by atoms with Gasteiger partial charge in [-0.2, -0.15) is 0 Å². The molecular formula is C14H19BrClNO. The van der Waals surface area contributed by atoms with Gasteiger partial charge in [0.15, 0.2) is 0 Å². The molecule has 2 rings (SSSR count). The molecule has 1 heterocycles. The summed E-state index contributed by atoms with van der Waals surface area (Å²) < 4.78 is 6.34. The van der Waals surface area contributed by atoms with Crippen LogP contribution in [-0.2, 0) is 11.3 Å². The van der Waals surface area contributed by atoms with Crippen LogP contribution in [0.25, 0.3) is 0 Å². The number of rotatable bonds is 4. The van der Waals surface area contributed by atoms with E-state index in [1.54, 1.807) is 0 Å². The van der Waals surface area contributed by atoms with Gasteiger partial charge in [0, 0.05) is 30.3 Å². The van der Waals surface area contributed by atoms with Gasteiger partial charge in [-0.1, -0.05) is 17.7 Å². The molecule has 0 radical (unpaired) electrons. The van der Waals surface area contributed by atoms with E-state index >= 15 is 0 Å². The molecule has 1 aliphatic heterocycles. The summed E-state index contributed by atoms with van der Waals surface area (Å²) in [4.78, 5) is 0. The maximum Gasteiger partial charge on any atom is 0.0551 e. The molecule has 1 saturated heterocycles. The summed E-state index contributed by atoms with van der Waals surface area (Å²) in [5, 5.41) is 4.36. The Kier molecular flexibility index (Phi) is 5.49. The number of ether oxygens (including phenoxy) is 1. The summed E-state index contributed by atoms with van der Waals surface area (Å²) in [5.41, 5.74) is 1.22. The fourth-order valence-corrected chi connectivity index (χ4v) is 2.76. The topological polar surface area (TPSA) is 21.3 Å². The zero-order chi connectivity index (χ0) is 13.0. The Balaban J connectivity index is 1.84. The SMILES string of the molecule is CC(NCc1ccc(Br)c(Cl)c1)C1CCOCC1. The molecule has 18 heavy (non-hydrogen) atoms. The van der Waals surface area contributed by atoms with Crippen molar-refractivity contribution in [3.05, 3.63) is 33.3 Å². The highest BCUT2D eigenvalue weighted by Crippen LogP contribution is 2.23. The molecule has 1 aromatic carbocycles. The summed E-state index contributed by atoms with van der Waals surface area (Å²) >= 11 is 9.49.